The third-order valence-electron chi connectivity index (χ3n) is 2.74. The molecule has 0 aromatic rings. The van der Waals surface area contributed by atoms with Crippen molar-refractivity contribution in [2.75, 3.05) is 52.6 Å². The minimum atomic E-state index is -0.190. The van der Waals surface area contributed by atoms with Gasteiger partial charge in [0, 0.05) is 32.7 Å². The van der Waals surface area contributed by atoms with Gasteiger partial charge in [0.2, 0.25) is 0 Å². The predicted octanol–water partition coefficient (Wildman–Crippen LogP) is 0.346. The third kappa shape index (κ3) is 4.35. The zero-order chi connectivity index (χ0) is 10.2. The van der Waals surface area contributed by atoms with Crippen LogP contribution in [0, 0.1) is 0 Å². The first kappa shape index (κ1) is 11.9. The van der Waals surface area contributed by atoms with E-state index in [1.165, 1.54) is 0 Å². The van der Waals surface area contributed by atoms with Gasteiger partial charge in [0.25, 0.3) is 0 Å². The Morgan fingerprint density at radius 3 is 2.00 bits per heavy atom. The van der Waals surface area contributed by atoms with Crippen LogP contribution in [-0.4, -0.2) is 67.5 Å². The number of alkyl halides is 1. The standard InChI is InChI=1S/C10H21FN2O/c11-3-1-2-4-12-5-7-13(8-6-12)9-10-14/h14H,1-10H2. The van der Waals surface area contributed by atoms with Crippen LogP contribution in [0.1, 0.15) is 12.8 Å². The number of piperazine rings is 1. The van der Waals surface area contributed by atoms with Gasteiger partial charge in [-0.2, -0.15) is 0 Å². The summed E-state index contributed by atoms with van der Waals surface area (Å²) in [7, 11) is 0. The van der Waals surface area contributed by atoms with E-state index in [2.05, 4.69) is 9.80 Å². The number of halogens is 1. The zero-order valence-electron chi connectivity index (χ0n) is 8.79. The first-order valence-electron chi connectivity index (χ1n) is 5.48. The van der Waals surface area contributed by atoms with E-state index >= 15 is 0 Å². The fourth-order valence-electron chi connectivity index (χ4n) is 1.81. The van der Waals surface area contributed by atoms with E-state index in [4.69, 9.17) is 5.11 Å². The lowest BCUT2D eigenvalue weighted by atomic mass is 10.2. The van der Waals surface area contributed by atoms with Crippen LogP contribution in [0.3, 0.4) is 0 Å². The highest BCUT2D eigenvalue weighted by molar-refractivity contribution is 4.71. The summed E-state index contributed by atoms with van der Waals surface area (Å²) in [6.45, 7) is 6.08. The van der Waals surface area contributed by atoms with Gasteiger partial charge in [-0.1, -0.05) is 0 Å². The molecular weight excluding hydrogens is 183 g/mol. The summed E-state index contributed by atoms with van der Waals surface area (Å²) in [5, 5.41) is 8.76. The van der Waals surface area contributed by atoms with Gasteiger partial charge in [0.1, 0.15) is 0 Å². The summed E-state index contributed by atoms with van der Waals surface area (Å²) < 4.78 is 11.9. The maximum Gasteiger partial charge on any atom is 0.0894 e. The molecule has 0 unspecified atom stereocenters. The molecule has 1 heterocycles. The van der Waals surface area contributed by atoms with E-state index in [1.807, 2.05) is 0 Å². The fraction of sp³-hybridized carbons (Fsp3) is 1.00. The van der Waals surface area contributed by atoms with E-state index in [0.29, 0.717) is 6.42 Å². The largest absolute Gasteiger partial charge is 0.395 e. The molecule has 1 aliphatic rings. The van der Waals surface area contributed by atoms with E-state index in [0.717, 1.165) is 45.7 Å². The lowest BCUT2D eigenvalue weighted by molar-refractivity contribution is 0.111. The lowest BCUT2D eigenvalue weighted by Gasteiger charge is -2.34. The molecule has 1 saturated heterocycles. The van der Waals surface area contributed by atoms with Crippen molar-refractivity contribution in [3.05, 3.63) is 0 Å². The smallest absolute Gasteiger partial charge is 0.0894 e. The second kappa shape index (κ2) is 7.15. The Morgan fingerprint density at radius 1 is 0.929 bits per heavy atom. The normalized spacial score (nSPS) is 20.1. The minimum Gasteiger partial charge on any atom is -0.395 e. The van der Waals surface area contributed by atoms with Gasteiger partial charge in [-0.3, -0.25) is 9.29 Å². The summed E-state index contributed by atoms with van der Waals surface area (Å²) in [4.78, 5) is 4.65. The number of nitrogens with zero attached hydrogens (tertiary/aromatic N) is 2. The number of hydrogen-bond acceptors (Lipinski definition) is 3. The molecule has 0 spiro atoms. The summed E-state index contributed by atoms with van der Waals surface area (Å²) in [6.07, 6.45) is 1.66. The van der Waals surface area contributed by atoms with Crippen LogP contribution < -0.4 is 0 Å². The topological polar surface area (TPSA) is 26.7 Å². The molecule has 3 nitrogen and oxygen atoms in total. The quantitative estimate of drug-likeness (QED) is 0.632. The van der Waals surface area contributed by atoms with Crippen LogP contribution in [0.5, 0.6) is 0 Å². The van der Waals surface area contributed by atoms with Crippen molar-refractivity contribution in [2.45, 2.75) is 12.8 Å². The van der Waals surface area contributed by atoms with Gasteiger partial charge in [-0.25, -0.2) is 0 Å². The summed E-state index contributed by atoms with van der Waals surface area (Å²) in [5.74, 6) is 0. The van der Waals surface area contributed by atoms with Crippen molar-refractivity contribution in [2.24, 2.45) is 0 Å². The van der Waals surface area contributed by atoms with Gasteiger partial charge in [-0.15, -0.1) is 0 Å². The highest BCUT2D eigenvalue weighted by Crippen LogP contribution is 2.03. The first-order valence-corrected chi connectivity index (χ1v) is 5.48. The molecule has 4 heteroatoms. The first-order chi connectivity index (χ1) is 6.86. The zero-order valence-corrected chi connectivity index (χ0v) is 8.79. The number of rotatable bonds is 6. The third-order valence-corrected chi connectivity index (χ3v) is 2.74. The minimum absolute atomic E-state index is 0.190. The van der Waals surface area contributed by atoms with Crippen molar-refractivity contribution in [3.8, 4) is 0 Å². The Hall–Kier alpha value is -0.190. The van der Waals surface area contributed by atoms with Crippen molar-refractivity contribution < 1.29 is 9.50 Å². The van der Waals surface area contributed by atoms with Gasteiger partial charge in [0.05, 0.1) is 13.3 Å². The summed E-state index contributed by atoms with van der Waals surface area (Å²) in [6, 6.07) is 0. The van der Waals surface area contributed by atoms with Crippen LogP contribution in [-0.2, 0) is 0 Å². The molecule has 0 radical (unpaired) electrons. The Bertz CT molecular complexity index is 138. The molecule has 14 heavy (non-hydrogen) atoms. The number of aliphatic hydroxyl groups excluding tert-OH is 1. The van der Waals surface area contributed by atoms with Crippen molar-refractivity contribution >= 4 is 0 Å². The Labute approximate surface area is 85.5 Å². The van der Waals surface area contributed by atoms with E-state index in [9.17, 15) is 4.39 Å². The van der Waals surface area contributed by atoms with Crippen LogP contribution >= 0.6 is 0 Å². The molecule has 1 rings (SSSR count). The molecule has 0 atom stereocenters. The van der Waals surface area contributed by atoms with Gasteiger partial charge >= 0.3 is 0 Å². The Balaban J connectivity index is 2.03. The highest BCUT2D eigenvalue weighted by atomic mass is 19.1. The molecule has 0 bridgehead atoms. The highest BCUT2D eigenvalue weighted by Gasteiger charge is 2.15. The molecule has 0 amide bonds. The second-order valence-electron chi connectivity index (χ2n) is 3.80. The van der Waals surface area contributed by atoms with Gasteiger partial charge < -0.3 is 10.0 Å². The average molecular weight is 204 g/mol. The SMILES string of the molecule is OCCN1CCN(CCCCF)CC1. The van der Waals surface area contributed by atoms with Crippen molar-refractivity contribution in [1.82, 2.24) is 9.80 Å². The van der Waals surface area contributed by atoms with Crippen LogP contribution in [0.15, 0.2) is 0 Å². The molecule has 1 fully saturated rings. The predicted molar refractivity (Wildman–Crippen MR) is 55.2 cm³/mol. The lowest BCUT2D eigenvalue weighted by Crippen LogP contribution is -2.47. The summed E-state index contributed by atoms with van der Waals surface area (Å²) >= 11 is 0. The molecule has 84 valence electrons. The molecule has 0 saturated carbocycles. The van der Waals surface area contributed by atoms with Gasteiger partial charge in [-0.05, 0) is 19.4 Å². The van der Waals surface area contributed by atoms with Crippen molar-refractivity contribution in [3.63, 3.8) is 0 Å². The molecule has 0 aromatic carbocycles. The molecule has 0 aromatic heterocycles. The molecule has 0 aliphatic carbocycles. The van der Waals surface area contributed by atoms with E-state index < -0.39 is 0 Å². The monoisotopic (exact) mass is 204 g/mol. The number of β-amino-alcohol motifs (C(OH)–C–C–N with tert-alkyl or cyclic N) is 1. The average Bonchev–Trinajstić information content (AvgIpc) is 2.21. The van der Waals surface area contributed by atoms with E-state index in [-0.39, 0.29) is 13.3 Å². The fourth-order valence-corrected chi connectivity index (χ4v) is 1.81. The number of unbranched alkanes of at least 4 members (excludes halogenated alkanes) is 1. The van der Waals surface area contributed by atoms with Crippen LogP contribution in [0.2, 0.25) is 0 Å². The molecular formula is C10H21FN2O. The second-order valence-corrected chi connectivity index (χ2v) is 3.80. The van der Waals surface area contributed by atoms with E-state index in [1.54, 1.807) is 0 Å². The summed E-state index contributed by atoms with van der Waals surface area (Å²) in [5.41, 5.74) is 0. The number of hydrogen-bond donors (Lipinski definition) is 1. The number of aliphatic hydroxyl groups is 1. The maximum absolute atomic E-state index is 11.9. The van der Waals surface area contributed by atoms with Crippen LogP contribution in [0.25, 0.3) is 0 Å². The van der Waals surface area contributed by atoms with Crippen molar-refractivity contribution in [1.29, 1.82) is 0 Å². The maximum atomic E-state index is 11.9. The Kier molecular flexibility index (Phi) is 6.07. The van der Waals surface area contributed by atoms with Gasteiger partial charge in [0.15, 0.2) is 0 Å². The molecule has 1 N–H and O–H groups in total. The Morgan fingerprint density at radius 2 is 1.50 bits per heavy atom. The molecule has 1 aliphatic heterocycles. The van der Waals surface area contributed by atoms with Crippen LogP contribution in [0.4, 0.5) is 4.39 Å².